The van der Waals surface area contributed by atoms with Gasteiger partial charge in [-0.1, -0.05) is 18.2 Å². The normalized spacial score (nSPS) is 12.0. The lowest BCUT2D eigenvalue weighted by Gasteiger charge is -2.22. The molecule has 45 heavy (non-hydrogen) atoms. The minimum atomic E-state index is -3.58. The largest absolute Gasteiger partial charge is 0.403 e. The van der Waals surface area contributed by atoms with Crippen molar-refractivity contribution in [1.29, 1.82) is 0 Å². The third-order valence-electron chi connectivity index (χ3n) is 5.39. The molecule has 0 saturated heterocycles. The van der Waals surface area contributed by atoms with E-state index >= 15 is 0 Å². The van der Waals surface area contributed by atoms with Gasteiger partial charge in [0.15, 0.2) is 11.3 Å². The summed E-state index contributed by atoms with van der Waals surface area (Å²) in [6, 6.07) is 12.8. The van der Waals surface area contributed by atoms with Gasteiger partial charge in [-0.25, -0.2) is 18.4 Å². The van der Waals surface area contributed by atoms with Gasteiger partial charge < -0.3 is 15.0 Å². The van der Waals surface area contributed by atoms with Crippen molar-refractivity contribution in [3.8, 4) is 0 Å². The molecule has 1 N–H and O–H groups in total. The fourth-order valence-corrected chi connectivity index (χ4v) is 4.98. The summed E-state index contributed by atoms with van der Waals surface area (Å²) in [5.41, 5.74) is -0.597. The number of para-hydroxylation sites is 1. The zero-order valence-corrected chi connectivity index (χ0v) is 29.5. The van der Waals surface area contributed by atoms with Gasteiger partial charge in [0.05, 0.1) is 8.95 Å². The van der Waals surface area contributed by atoms with Crippen LogP contribution in [0.5, 0.6) is 0 Å². The zero-order valence-electron chi connectivity index (χ0n) is 25.5. The highest BCUT2D eigenvalue weighted by atomic mass is 79.9. The summed E-state index contributed by atoms with van der Waals surface area (Å²) in [5.74, 6) is 0.390. The van der Waals surface area contributed by atoms with Crippen LogP contribution in [-0.2, 0) is 9.84 Å². The lowest BCUT2D eigenvalue weighted by atomic mass is 10.2. The van der Waals surface area contributed by atoms with Crippen LogP contribution >= 0.6 is 31.9 Å². The van der Waals surface area contributed by atoms with E-state index in [2.05, 4.69) is 57.1 Å². The number of halogens is 2. The molecule has 238 valence electrons. The first kappa shape index (κ1) is 34.0. The third-order valence-corrected chi connectivity index (χ3v) is 7.38. The molecule has 13 nitrogen and oxygen atoms in total. The Morgan fingerprint density at radius 3 is 1.69 bits per heavy atom. The molecule has 1 aromatic carbocycles. The van der Waals surface area contributed by atoms with Crippen molar-refractivity contribution in [1.82, 2.24) is 29.4 Å². The molecule has 0 unspecified atom stereocenters. The van der Waals surface area contributed by atoms with Gasteiger partial charge in [0.25, 0.3) is 11.1 Å². The fraction of sp³-hybridized carbons (Fsp3) is 0.310. The van der Waals surface area contributed by atoms with Gasteiger partial charge in [0, 0.05) is 35.1 Å². The van der Waals surface area contributed by atoms with Crippen molar-refractivity contribution in [3.05, 3.63) is 84.5 Å². The molecule has 0 spiro atoms. The van der Waals surface area contributed by atoms with E-state index in [1.165, 1.54) is 17.0 Å². The van der Waals surface area contributed by atoms with Crippen LogP contribution in [0.25, 0.3) is 22.1 Å². The first-order chi connectivity index (χ1) is 20.8. The zero-order chi connectivity index (χ0) is 33.3. The smallest absolute Gasteiger partial charge is 0.299 e. The van der Waals surface area contributed by atoms with Crippen molar-refractivity contribution in [2.45, 2.75) is 57.9 Å². The predicted octanol–water partition coefficient (Wildman–Crippen LogP) is 4.71. The highest BCUT2D eigenvalue weighted by Gasteiger charge is 2.21. The Morgan fingerprint density at radius 1 is 0.756 bits per heavy atom. The Morgan fingerprint density at radius 2 is 1.22 bits per heavy atom. The van der Waals surface area contributed by atoms with Crippen LogP contribution in [0.2, 0.25) is 0 Å². The van der Waals surface area contributed by atoms with Crippen molar-refractivity contribution in [3.63, 3.8) is 0 Å². The van der Waals surface area contributed by atoms with Gasteiger partial charge in [-0.05, 0) is 97.7 Å². The van der Waals surface area contributed by atoms with Crippen molar-refractivity contribution in [2.75, 3.05) is 11.6 Å². The van der Waals surface area contributed by atoms with Crippen LogP contribution in [0.1, 0.15) is 41.5 Å². The summed E-state index contributed by atoms with van der Waals surface area (Å²) in [6.07, 6.45) is 3.99. The second-order valence-corrected chi connectivity index (χ2v) is 15.4. The summed E-state index contributed by atoms with van der Waals surface area (Å²) in [4.78, 5) is 52.5. The van der Waals surface area contributed by atoms with Crippen LogP contribution in [0, 0.1) is 0 Å². The molecule has 0 aliphatic rings. The Kier molecular flexibility index (Phi) is 9.70. The van der Waals surface area contributed by atoms with Gasteiger partial charge in [-0.3, -0.25) is 9.59 Å². The molecule has 0 fully saturated rings. The maximum absolute atomic E-state index is 12.4. The second-order valence-electron chi connectivity index (χ2n) is 11.8. The van der Waals surface area contributed by atoms with Gasteiger partial charge in [-0.15, -0.1) is 9.46 Å². The average molecular weight is 765 g/mol. The Labute approximate surface area is 275 Å². The highest BCUT2D eigenvalue weighted by molar-refractivity contribution is 9.10. The van der Waals surface area contributed by atoms with Crippen molar-refractivity contribution in [2.24, 2.45) is 0 Å². The van der Waals surface area contributed by atoms with Gasteiger partial charge in [0.1, 0.15) is 11.2 Å². The summed E-state index contributed by atoms with van der Waals surface area (Å²) < 4.78 is 26.0. The number of hydrogen-bond donors (Lipinski definition) is 1. The van der Waals surface area contributed by atoms with E-state index in [0.717, 1.165) is 16.7 Å². The maximum Gasteiger partial charge on any atom is 0.299 e. The van der Waals surface area contributed by atoms with E-state index in [1.54, 1.807) is 33.0 Å². The summed E-state index contributed by atoms with van der Waals surface area (Å²) in [5, 5.41) is 3.94. The van der Waals surface area contributed by atoms with E-state index in [9.17, 15) is 18.0 Å². The minimum Gasteiger partial charge on any atom is -0.403 e. The number of anilines is 2. The van der Waals surface area contributed by atoms with E-state index in [0.29, 0.717) is 26.8 Å². The van der Waals surface area contributed by atoms with E-state index < -0.39 is 26.6 Å². The lowest BCUT2D eigenvalue weighted by Crippen LogP contribution is -2.38. The summed E-state index contributed by atoms with van der Waals surface area (Å²) >= 11 is 6.41. The van der Waals surface area contributed by atoms with E-state index in [1.807, 2.05) is 51.1 Å². The molecule has 4 heterocycles. The number of rotatable bonds is 5. The molecular weight excluding hydrogens is 734 g/mol. The molecule has 16 heteroatoms. The Hall–Kier alpha value is -3.89. The molecular formula is C29H31Br2N7O6S. The SMILES string of the molecule is CC(C)(C)On1c(=O)c(Br)cc2cnc(Nc3ccccc3)nc21.CC(C)(C)On1c(=O)c(Br)cc2cnc(S(C)(=O)=O)nc21. The number of benzene rings is 1. The van der Waals surface area contributed by atoms with Crippen LogP contribution in [0.4, 0.5) is 11.6 Å². The quantitative estimate of drug-likeness (QED) is 0.247. The summed E-state index contributed by atoms with van der Waals surface area (Å²) in [6.45, 7) is 10.9. The number of hydrogen-bond acceptors (Lipinski definition) is 11. The van der Waals surface area contributed by atoms with Crippen LogP contribution in [-0.4, -0.2) is 55.3 Å². The topological polar surface area (TPSA) is 160 Å². The number of pyridine rings is 2. The first-order valence-corrected chi connectivity index (χ1v) is 16.9. The van der Waals surface area contributed by atoms with E-state index in [-0.39, 0.29) is 20.8 Å². The highest BCUT2D eigenvalue weighted by Crippen LogP contribution is 2.19. The van der Waals surface area contributed by atoms with Crippen LogP contribution in [0.3, 0.4) is 0 Å². The van der Waals surface area contributed by atoms with E-state index in [4.69, 9.17) is 9.68 Å². The average Bonchev–Trinajstić information content (AvgIpc) is 2.93. The molecule has 0 atom stereocenters. The first-order valence-electron chi connectivity index (χ1n) is 13.4. The predicted molar refractivity (Wildman–Crippen MR) is 178 cm³/mol. The maximum atomic E-state index is 12.4. The molecule has 0 aliphatic carbocycles. The minimum absolute atomic E-state index is 0.105. The number of nitrogens with zero attached hydrogens (tertiary/aromatic N) is 6. The second kappa shape index (κ2) is 12.8. The van der Waals surface area contributed by atoms with Crippen LogP contribution in [0.15, 0.2) is 78.5 Å². The standard InChI is InChI=1S/C17H17BrN4O2.C12H14BrN3O4S/c1-17(2,3)24-22-14-11(9-13(18)15(22)23)10-19-16(21-14)20-12-7-5-4-6-8-12;1-12(2,3)20-16-9-7(5-8(13)10(16)17)6-14-11(15-9)21(4,18)19/h4-10H,1-3H3,(H,19,20,21);5-6H,1-4H3. The molecule has 4 aromatic heterocycles. The molecule has 0 saturated carbocycles. The number of fused-ring (bicyclic) bond motifs is 2. The summed E-state index contributed by atoms with van der Waals surface area (Å²) in [7, 11) is -3.58. The van der Waals surface area contributed by atoms with Crippen molar-refractivity contribution < 1.29 is 18.1 Å². The van der Waals surface area contributed by atoms with Gasteiger partial charge in [0.2, 0.25) is 20.9 Å². The molecule has 5 aromatic rings. The molecule has 0 aliphatic heterocycles. The number of nitrogens with one attached hydrogen (secondary N) is 1. The number of sulfone groups is 1. The van der Waals surface area contributed by atoms with Gasteiger partial charge in [-0.2, -0.15) is 9.97 Å². The fourth-order valence-electron chi connectivity index (χ4n) is 3.67. The van der Waals surface area contributed by atoms with Crippen molar-refractivity contribution >= 4 is 75.4 Å². The molecule has 0 radical (unpaired) electrons. The monoisotopic (exact) mass is 763 g/mol. The van der Waals surface area contributed by atoms with Crippen LogP contribution < -0.4 is 26.1 Å². The van der Waals surface area contributed by atoms with Gasteiger partial charge >= 0.3 is 0 Å². The molecule has 0 bridgehead atoms. The third kappa shape index (κ3) is 8.64. The molecule has 0 amide bonds. The Balaban J connectivity index is 0.000000207. The molecule has 5 rings (SSSR count). The lowest BCUT2D eigenvalue weighted by molar-refractivity contribution is -0.0149. The number of aromatic nitrogens is 6. The Bertz CT molecular complexity index is 2110.